The van der Waals surface area contributed by atoms with E-state index in [1.54, 1.807) is 6.26 Å². The molecule has 1 aliphatic heterocycles. The second kappa shape index (κ2) is 10.9. The Balaban J connectivity index is 1.37. The highest BCUT2D eigenvalue weighted by atomic mass is 32.2. The summed E-state index contributed by atoms with van der Waals surface area (Å²) < 4.78 is 13.1. The van der Waals surface area contributed by atoms with E-state index in [1.807, 2.05) is 12.1 Å². The van der Waals surface area contributed by atoms with Crippen molar-refractivity contribution in [3.8, 4) is 11.6 Å². The Kier molecular flexibility index (Phi) is 7.91. The van der Waals surface area contributed by atoms with Gasteiger partial charge in [0, 0.05) is 31.7 Å². The van der Waals surface area contributed by atoms with E-state index in [4.69, 9.17) is 9.15 Å². The van der Waals surface area contributed by atoms with Gasteiger partial charge in [-0.1, -0.05) is 44.9 Å². The van der Waals surface area contributed by atoms with Crippen LogP contribution in [0.2, 0.25) is 0 Å². The molecule has 1 amide bonds. The number of hydrogen-bond donors (Lipinski definition) is 1. The van der Waals surface area contributed by atoms with Crippen LogP contribution in [0.5, 0.6) is 0 Å². The Morgan fingerprint density at radius 3 is 2.69 bits per heavy atom. The summed E-state index contributed by atoms with van der Waals surface area (Å²) in [6, 6.07) is 3.73. The summed E-state index contributed by atoms with van der Waals surface area (Å²) in [5, 5.41) is 12.7. The number of aromatic nitrogens is 3. The topological polar surface area (TPSA) is 85.4 Å². The first kappa shape index (κ1) is 23.3. The normalized spacial score (nSPS) is 19.3. The van der Waals surface area contributed by atoms with Crippen molar-refractivity contribution in [3.05, 3.63) is 18.4 Å². The van der Waals surface area contributed by atoms with E-state index in [1.165, 1.54) is 31.0 Å². The van der Waals surface area contributed by atoms with Crippen LogP contribution in [0.3, 0.4) is 0 Å². The van der Waals surface area contributed by atoms with Crippen molar-refractivity contribution in [2.75, 3.05) is 38.6 Å². The monoisotopic (exact) mass is 461 g/mol. The maximum Gasteiger partial charge on any atom is 0.230 e. The molecule has 2 aliphatic rings. The lowest BCUT2D eigenvalue weighted by Gasteiger charge is -2.48. The van der Waals surface area contributed by atoms with Gasteiger partial charge in [0.1, 0.15) is 0 Å². The van der Waals surface area contributed by atoms with Crippen molar-refractivity contribution in [1.29, 1.82) is 0 Å². The number of thioether (sulfide) groups is 1. The van der Waals surface area contributed by atoms with Gasteiger partial charge >= 0.3 is 0 Å². The van der Waals surface area contributed by atoms with Gasteiger partial charge in [-0.15, -0.1) is 10.2 Å². The number of nitrogens with zero attached hydrogens (tertiary/aromatic N) is 4. The Morgan fingerprint density at radius 1 is 1.22 bits per heavy atom. The Morgan fingerprint density at radius 2 is 2.00 bits per heavy atom. The molecule has 176 valence electrons. The summed E-state index contributed by atoms with van der Waals surface area (Å²) >= 11 is 1.44. The Hall–Kier alpha value is -1.84. The van der Waals surface area contributed by atoms with Crippen LogP contribution in [0.4, 0.5) is 0 Å². The number of rotatable bonds is 9. The van der Waals surface area contributed by atoms with Gasteiger partial charge in [-0.2, -0.15) is 0 Å². The molecule has 1 saturated carbocycles. The van der Waals surface area contributed by atoms with Crippen LogP contribution in [0.15, 0.2) is 28.0 Å². The fraction of sp³-hybridized carbons (Fsp3) is 0.696. The van der Waals surface area contributed by atoms with Crippen molar-refractivity contribution in [2.45, 2.75) is 63.2 Å². The number of ether oxygens (including phenoxy) is 1. The van der Waals surface area contributed by atoms with Gasteiger partial charge in [-0.3, -0.25) is 14.3 Å². The highest BCUT2D eigenvalue weighted by molar-refractivity contribution is 7.99. The maximum atomic E-state index is 12.8. The minimum atomic E-state index is 0.0480. The van der Waals surface area contributed by atoms with Crippen LogP contribution in [-0.4, -0.2) is 69.7 Å². The third-order valence-electron chi connectivity index (χ3n) is 6.42. The van der Waals surface area contributed by atoms with E-state index in [-0.39, 0.29) is 11.4 Å². The Bertz CT molecular complexity index is 855. The lowest BCUT2D eigenvalue weighted by atomic mass is 9.79. The molecule has 4 rings (SSSR count). The fourth-order valence-electron chi connectivity index (χ4n) is 4.81. The van der Waals surface area contributed by atoms with Crippen LogP contribution in [0, 0.1) is 5.92 Å². The smallest absolute Gasteiger partial charge is 0.230 e. The summed E-state index contributed by atoms with van der Waals surface area (Å²) in [7, 11) is 0. The van der Waals surface area contributed by atoms with Crippen LogP contribution >= 0.6 is 11.8 Å². The van der Waals surface area contributed by atoms with Crippen molar-refractivity contribution in [2.24, 2.45) is 5.92 Å². The van der Waals surface area contributed by atoms with Gasteiger partial charge < -0.3 is 14.5 Å². The zero-order chi connectivity index (χ0) is 22.4. The zero-order valence-electron chi connectivity index (χ0n) is 19.2. The molecule has 2 aromatic heterocycles. The van der Waals surface area contributed by atoms with Gasteiger partial charge in [0.05, 0.1) is 25.2 Å². The molecular weight excluding hydrogens is 426 g/mol. The predicted molar refractivity (Wildman–Crippen MR) is 125 cm³/mol. The fourth-order valence-corrected chi connectivity index (χ4v) is 5.59. The molecule has 0 atom stereocenters. The minimum absolute atomic E-state index is 0.0480. The third kappa shape index (κ3) is 5.55. The summed E-state index contributed by atoms with van der Waals surface area (Å²) in [5.74, 6) is 2.20. The molecule has 2 fully saturated rings. The molecule has 3 heterocycles. The van der Waals surface area contributed by atoms with E-state index in [0.29, 0.717) is 29.8 Å². The van der Waals surface area contributed by atoms with Gasteiger partial charge in [0.25, 0.3) is 0 Å². The number of nitrogens with one attached hydrogen (secondary N) is 1. The summed E-state index contributed by atoms with van der Waals surface area (Å²) in [6.45, 7) is 9.28. The molecule has 0 aromatic carbocycles. The van der Waals surface area contributed by atoms with E-state index < -0.39 is 0 Å². The average Bonchev–Trinajstić information content (AvgIpc) is 3.47. The number of carbonyl (C=O) groups excluding carboxylic acids is 1. The van der Waals surface area contributed by atoms with E-state index >= 15 is 0 Å². The molecule has 1 N–H and O–H groups in total. The molecule has 0 unspecified atom stereocenters. The molecule has 9 heteroatoms. The van der Waals surface area contributed by atoms with Crippen LogP contribution in [-0.2, 0) is 16.1 Å². The second-order valence-corrected chi connectivity index (χ2v) is 10.2. The Labute approximate surface area is 194 Å². The lowest BCUT2D eigenvalue weighted by Crippen LogP contribution is -2.59. The first-order chi connectivity index (χ1) is 15.6. The van der Waals surface area contributed by atoms with E-state index in [9.17, 15) is 4.79 Å². The molecule has 0 bridgehead atoms. The van der Waals surface area contributed by atoms with Gasteiger partial charge in [0.15, 0.2) is 16.7 Å². The number of carbonyl (C=O) groups is 1. The largest absolute Gasteiger partial charge is 0.461 e. The molecular formula is C23H35N5O3S. The number of furan rings is 1. The first-order valence-electron chi connectivity index (χ1n) is 11.8. The lowest BCUT2D eigenvalue weighted by molar-refractivity contribution is -0.119. The standard InChI is InChI=1S/C23H35N5O3S/c1-18(2)15-28-21(19-7-6-12-31-19)25-26-22(28)32-16-20(29)24-17-23(8-4-3-5-9-23)27-10-13-30-14-11-27/h6-7,12,18H,3-5,8-11,13-17H2,1-2H3,(H,24,29). The van der Waals surface area contributed by atoms with Crippen LogP contribution < -0.4 is 5.32 Å². The zero-order valence-corrected chi connectivity index (χ0v) is 20.0. The van der Waals surface area contributed by atoms with Gasteiger partial charge in [-0.05, 0) is 30.9 Å². The SMILES string of the molecule is CC(C)Cn1c(SCC(=O)NCC2(N3CCOCC3)CCCCC2)nnc1-c1ccco1. The van der Waals surface area contributed by atoms with Crippen molar-refractivity contribution >= 4 is 17.7 Å². The van der Waals surface area contributed by atoms with Crippen LogP contribution in [0.1, 0.15) is 46.0 Å². The summed E-state index contributed by atoms with van der Waals surface area (Å²) in [6.07, 6.45) is 7.69. The number of hydrogen-bond acceptors (Lipinski definition) is 7. The minimum Gasteiger partial charge on any atom is -0.461 e. The summed E-state index contributed by atoms with van der Waals surface area (Å²) in [4.78, 5) is 15.4. The van der Waals surface area contributed by atoms with Crippen LogP contribution in [0.25, 0.3) is 11.6 Å². The number of amides is 1. The molecule has 2 aromatic rings. The molecule has 8 nitrogen and oxygen atoms in total. The van der Waals surface area contributed by atoms with Gasteiger partial charge in [0.2, 0.25) is 5.91 Å². The van der Waals surface area contributed by atoms with Crippen molar-refractivity contribution < 1.29 is 13.9 Å². The van der Waals surface area contributed by atoms with E-state index in [2.05, 4.69) is 38.8 Å². The predicted octanol–water partition coefficient (Wildman–Crippen LogP) is 3.44. The maximum absolute atomic E-state index is 12.8. The van der Waals surface area contributed by atoms with Crippen molar-refractivity contribution in [3.63, 3.8) is 0 Å². The quantitative estimate of drug-likeness (QED) is 0.573. The first-order valence-corrected chi connectivity index (χ1v) is 12.8. The average molecular weight is 462 g/mol. The molecule has 1 saturated heterocycles. The highest BCUT2D eigenvalue weighted by Crippen LogP contribution is 2.34. The molecule has 32 heavy (non-hydrogen) atoms. The van der Waals surface area contributed by atoms with Gasteiger partial charge in [-0.25, -0.2) is 0 Å². The highest BCUT2D eigenvalue weighted by Gasteiger charge is 2.38. The number of morpholine rings is 1. The molecule has 0 spiro atoms. The van der Waals surface area contributed by atoms with Crippen molar-refractivity contribution in [1.82, 2.24) is 25.0 Å². The second-order valence-electron chi connectivity index (χ2n) is 9.24. The molecule has 1 aliphatic carbocycles. The third-order valence-corrected chi connectivity index (χ3v) is 7.39. The molecule has 0 radical (unpaired) electrons. The summed E-state index contributed by atoms with van der Waals surface area (Å²) in [5.41, 5.74) is 0.0759. The van der Waals surface area contributed by atoms with E-state index in [0.717, 1.165) is 50.8 Å².